The van der Waals surface area contributed by atoms with E-state index in [0.29, 0.717) is 27.6 Å². The lowest BCUT2D eigenvalue weighted by atomic mass is 10.2. The molecule has 0 bridgehead atoms. The van der Waals surface area contributed by atoms with Crippen molar-refractivity contribution in [1.29, 1.82) is 0 Å². The predicted molar refractivity (Wildman–Crippen MR) is 75.6 cm³/mol. The first-order chi connectivity index (χ1) is 10.0. The fraction of sp³-hybridized carbons (Fsp3) is 0.0714. The number of carbonyl (C=O) groups is 1. The maximum Gasteiger partial charge on any atom is 0.323 e. The molecule has 0 saturated heterocycles. The van der Waals surface area contributed by atoms with Crippen LogP contribution >= 0.6 is 11.6 Å². The van der Waals surface area contributed by atoms with Gasteiger partial charge in [0.2, 0.25) is 0 Å². The number of carboxylic acids is 1. The summed E-state index contributed by atoms with van der Waals surface area (Å²) in [5.41, 5.74) is 1.33. The molecule has 0 atom stereocenters. The number of pyridine rings is 1. The molecular weight excluding hydrogens is 297 g/mol. The lowest BCUT2D eigenvalue weighted by molar-refractivity contribution is -0.137. The van der Waals surface area contributed by atoms with Gasteiger partial charge in [0.1, 0.15) is 23.7 Å². The number of halogens is 2. The van der Waals surface area contributed by atoms with Crippen molar-refractivity contribution >= 4 is 28.7 Å². The molecule has 3 aromatic rings. The Morgan fingerprint density at radius 2 is 2.19 bits per heavy atom. The van der Waals surface area contributed by atoms with Gasteiger partial charge in [-0.2, -0.15) is 0 Å². The molecule has 0 amide bonds. The molecule has 0 aliphatic carbocycles. The molecule has 7 heteroatoms. The maximum absolute atomic E-state index is 13.4. The van der Waals surface area contributed by atoms with Crippen molar-refractivity contribution < 1.29 is 14.3 Å². The van der Waals surface area contributed by atoms with Gasteiger partial charge in [-0.25, -0.2) is 14.4 Å². The van der Waals surface area contributed by atoms with Crippen molar-refractivity contribution in [2.75, 3.05) is 0 Å². The van der Waals surface area contributed by atoms with Crippen LogP contribution in [0, 0.1) is 5.82 Å². The molecular formula is C14H9ClFN3O2. The summed E-state index contributed by atoms with van der Waals surface area (Å²) in [6.07, 6.45) is 1.42. The van der Waals surface area contributed by atoms with Crippen LogP contribution in [0.3, 0.4) is 0 Å². The third-order valence-electron chi connectivity index (χ3n) is 2.93. The number of fused-ring (bicyclic) bond motifs is 1. The van der Waals surface area contributed by atoms with E-state index in [9.17, 15) is 9.18 Å². The van der Waals surface area contributed by atoms with Gasteiger partial charge >= 0.3 is 5.97 Å². The summed E-state index contributed by atoms with van der Waals surface area (Å²) in [5, 5.41) is 9.45. The lowest BCUT2D eigenvalue weighted by Gasteiger charge is -2.05. The third kappa shape index (κ3) is 2.57. The summed E-state index contributed by atoms with van der Waals surface area (Å²) in [4.78, 5) is 19.5. The van der Waals surface area contributed by atoms with Gasteiger partial charge in [-0.1, -0.05) is 23.7 Å². The van der Waals surface area contributed by atoms with Crippen molar-refractivity contribution in [3.05, 3.63) is 47.4 Å². The van der Waals surface area contributed by atoms with Crippen molar-refractivity contribution in [2.45, 2.75) is 6.54 Å². The molecule has 0 aliphatic rings. The zero-order chi connectivity index (χ0) is 15.0. The number of carboxylic acid groups (broad SMARTS) is 1. The van der Waals surface area contributed by atoms with E-state index in [1.807, 2.05) is 0 Å². The van der Waals surface area contributed by atoms with E-state index < -0.39 is 11.8 Å². The highest BCUT2D eigenvalue weighted by Gasteiger charge is 2.16. The second kappa shape index (κ2) is 5.14. The molecule has 0 radical (unpaired) electrons. The van der Waals surface area contributed by atoms with Crippen molar-refractivity contribution in [1.82, 2.24) is 14.5 Å². The van der Waals surface area contributed by atoms with Gasteiger partial charge in [0, 0.05) is 11.8 Å². The topological polar surface area (TPSA) is 68.0 Å². The van der Waals surface area contributed by atoms with Gasteiger partial charge in [0.15, 0.2) is 5.65 Å². The predicted octanol–water partition coefficient (Wildman–Crippen LogP) is 2.98. The fourth-order valence-corrected chi connectivity index (χ4v) is 2.27. The minimum atomic E-state index is -1.04. The summed E-state index contributed by atoms with van der Waals surface area (Å²) in [6.45, 7) is -0.322. The zero-order valence-corrected chi connectivity index (χ0v) is 11.4. The highest BCUT2D eigenvalue weighted by Crippen LogP contribution is 2.25. The summed E-state index contributed by atoms with van der Waals surface area (Å²) < 4.78 is 14.8. The Morgan fingerprint density at radius 3 is 2.90 bits per heavy atom. The second-order valence-corrected chi connectivity index (χ2v) is 4.86. The Labute approximate surface area is 123 Å². The number of imidazole rings is 1. The first-order valence-electron chi connectivity index (χ1n) is 6.04. The molecule has 0 unspecified atom stereocenters. The summed E-state index contributed by atoms with van der Waals surface area (Å²) in [6, 6.07) is 7.38. The first kappa shape index (κ1) is 13.5. The molecule has 0 fully saturated rings. The zero-order valence-electron chi connectivity index (χ0n) is 10.6. The average molecular weight is 306 g/mol. The van der Waals surface area contributed by atoms with E-state index in [1.54, 1.807) is 12.1 Å². The van der Waals surface area contributed by atoms with Crippen LogP contribution in [-0.4, -0.2) is 25.6 Å². The van der Waals surface area contributed by atoms with Gasteiger partial charge in [0.05, 0.1) is 5.02 Å². The minimum Gasteiger partial charge on any atom is -0.480 e. The molecule has 1 aromatic carbocycles. The van der Waals surface area contributed by atoms with E-state index in [4.69, 9.17) is 16.7 Å². The van der Waals surface area contributed by atoms with E-state index in [1.165, 1.54) is 29.0 Å². The number of hydrogen-bond donors (Lipinski definition) is 1. The minimum absolute atomic E-state index is 0.322. The molecule has 2 aromatic heterocycles. The standard InChI is InChI=1S/C14H9ClFN3O2/c15-9-5-11-14(17-6-9)19(7-12(20)21)13(18-11)8-2-1-3-10(16)4-8/h1-6H,7H2,(H,20,21). The van der Waals surface area contributed by atoms with Gasteiger partial charge in [-0.15, -0.1) is 0 Å². The first-order valence-corrected chi connectivity index (χ1v) is 6.42. The molecule has 0 aliphatic heterocycles. The van der Waals surface area contributed by atoms with Gasteiger partial charge in [0.25, 0.3) is 0 Å². The SMILES string of the molecule is O=C(O)Cn1c(-c2cccc(F)c2)nc2cc(Cl)cnc21. The van der Waals surface area contributed by atoms with Crippen molar-refractivity contribution in [3.63, 3.8) is 0 Å². The molecule has 1 N–H and O–H groups in total. The summed E-state index contributed by atoms with van der Waals surface area (Å²) >= 11 is 5.87. The Balaban J connectivity index is 2.27. The smallest absolute Gasteiger partial charge is 0.323 e. The number of rotatable bonds is 3. The third-order valence-corrected chi connectivity index (χ3v) is 3.13. The molecule has 0 saturated carbocycles. The van der Waals surface area contributed by atoms with Gasteiger partial charge in [-0.05, 0) is 18.2 Å². The average Bonchev–Trinajstić information content (AvgIpc) is 2.76. The highest BCUT2D eigenvalue weighted by molar-refractivity contribution is 6.31. The largest absolute Gasteiger partial charge is 0.480 e. The number of benzene rings is 1. The van der Waals surface area contributed by atoms with Crippen LogP contribution in [0.15, 0.2) is 36.5 Å². The molecule has 5 nitrogen and oxygen atoms in total. The Kier molecular flexibility index (Phi) is 3.31. The normalized spacial score (nSPS) is 11.0. The molecule has 3 rings (SSSR count). The van der Waals surface area contributed by atoms with Crippen LogP contribution in [0.2, 0.25) is 5.02 Å². The summed E-state index contributed by atoms with van der Waals surface area (Å²) in [7, 11) is 0. The van der Waals surface area contributed by atoms with Crippen LogP contribution in [0.1, 0.15) is 0 Å². The van der Waals surface area contributed by atoms with Crippen LogP contribution in [0.5, 0.6) is 0 Å². The van der Waals surface area contributed by atoms with Crippen LogP contribution in [0.25, 0.3) is 22.6 Å². The molecule has 0 spiro atoms. The lowest BCUT2D eigenvalue weighted by Crippen LogP contribution is -2.10. The maximum atomic E-state index is 13.4. The molecule has 21 heavy (non-hydrogen) atoms. The monoisotopic (exact) mass is 305 g/mol. The number of hydrogen-bond acceptors (Lipinski definition) is 3. The van der Waals surface area contributed by atoms with E-state index in [-0.39, 0.29) is 6.54 Å². The van der Waals surface area contributed by atoms with E-state index in [0.717, 1.165) is 0 Å². The number of nitrogens with zero attached hydrogens (tertiary/aromatic N) is 3. The van der Waals surface area contributed by atoms with Crippen LogP contribution in [-0.2, 0) is 11.3 Å². The number of aromatic nitrogens is 3. The Morgan fingerprint density at radius 1 is 1.38 bits per heavy atom. The summed E-state index contributed by atoms with van der Waals surface area (Å²) in [5.74, 6) is -1.13. The van der Waals surface area contributed by atoms with E-state index in [2.05, 4.69) is 9.97 Å². The number of aliphatic carboxylic acids is 1. The highest BCUT2D eigenvalue weighted by atomic mass is 35.5. The van der Waals surface area contributed by atoms with E-state index >= 15 is 0 Å². The molecule has 2 heterocycles. The quantitative estimate of drug-likeness (QED) is 0.807. The van der Waals surface area contributed by atoms with Crippen LogP contribution < -0.4 is 0 Å². The Hall–Kier alpha value is -2.47. The fourth-order valence-electron chi connectivity index (χ4n) is 2.12. The van der Waals surface area contributed by atoms with Crippen molar-refractivity contribution in [2.24, 2.45) is 0 Å². The Bertz CT molecular complexity index is 847. The van der Waals surface area contributed by atoms with Crippen LogP contribution in [0.4, 0.5) is 4.39 Å². The molecule has 106 valence electrons. The van der Waals surface area contributed by atoms with Crippen molar-refractivity contribution in [3.8, 4) is 11.4 Å². The van der Waals surface area contributed by atoms with Gasteiger partial charge < -0.3 is 5.11 Å². The van der Waals surface area contributed by atoms with Gasteiger partial charge in [-0.3, -0.25) is 9.36 Å². The second-order valence-electron chi connectivity index (χ2n) is 4.42.